The van der Waals surface area contributed by atoms with E-state index in [1.807, 2.05) is 0 Å². The van der Waals surface area contributed by atoms with Crippen molar-refractivity contribution in [1.29, 1.82) is 0 Å². The van der Waals surface area contributed by atoms with Gasteiger partial charge in [-0.05, 0) is 18.9 Å². The molecule has 0 radical (unpaired) electrons. The van der Waals surface area contributed by atoms with Crippen LogP contribution in [0, 0.1) is 0 Å². The lowest BCUT2D eigenvalue weighted by Crippen LogP contribution is -2.50. The van der Waals surface area contributed by atoms with Gasteiger partial charge < -0.3 is 19.7 Å². The fourth-order valence-electron chi connectivity index (χ4n) is 3.77. The lowest BCUT2D eigenvalue weighted by atomic mass is 10.1. The number of morpholine rings is 1. The summed E-state index contributed by atoms with van der Waals surface area (Å²) in [6.07, 6.45) is 1.21. The molecule has 6 nitrogen and oxygen atoms in total. The molecule has 2 unspecified atom stereocenters. The van der Waals surface area contributed by atoms with Gasteiger partial charge in [0.25, 0.3) is 0 Å². The number of hydrogen-bond acceptors (Lipinski definition) is 4. The number of methoxy groups -OCH3 is 1. The van der Waals surface area contributed by atoms with Crippen molar-refractivity contribution in [3.63, 3.8) is 0 Å². The van der Waals surface area contributed by atoms with E-state index in [1.165, 1.54) is 5.56 Å². The highest BCUT2D eigenvalue weighted by atomic mass is 127. The van der Waals surface area contributed by atoms with E-state index in [4.69, 9.17) is 14.5 Å². The molecule has 2 atom stereocenters. The molecule has 0 aliphatic carbocycles. The maximum Gasteiger partial charge on any atom is 0.194 e. The van der Waals surface area contributed by atoms with Gasteiger partial charge in [0.1, 0.15) is 0 Å². The molecular weight excluding hydrogens is 455 g/mol. The van der Waals surface area contributed by atoms with Crippen LogP contribution in [-0.4, -0.2) is 81.0 Å². The van der Waals surface area contributed by atoms with E-state index in [-0.39, 0.29) is 30.1 Å². The molecule has 3 rings (SSSR count). The van der Waals surface area contributed by atoms with Gasteiger partial charge in [-0.15, -0.1) is 24.0 Å². The zero-order valence-corrected chi connectivity index (χ0v) is 18.8. The highest BCUT2D eigenvalue weighted by Crippen LogP contribution is 2.24. The summed E-state index contributed by atoms with van der Waals surface area (Å²) in [5, 5.41) is 3.44. The molecule has 2 fully saturated rings. The van der Waals surface area contributed by atoms with Gasteiger partial charge in [0.15, 0.2) is 5.96 Å². The monoisotopic (exact) mass is 488 g/mol. The average molecular weight is 488 g/mol. The average Bonchev–Trinajstić information content (AvgIpc) is 3.10. The number of nitrogens with one attached hydrogen (secondary N) is 1. The third kappa shape index (κ3) is 6.30. The molecule has 27 heavy (non-hydrogen) atoms. The summed E-state index contributed by atoms with van der Waals surface area (Å²) in [7, 11) is 1.73. The Morgan fingerprint density at radius 1 is 1.30 bits per heavy atom. The second kappa shape index (κ2) is 11.8. The van der Waals surface area contributed by atoms with Gasteiger partial charge >= 0.3 is 0 Å². The molecule has 0 bridgehead atoms. The number of guanidine groups is 1. The van der Waals surface area contributed by atoms with Gasteiger partial charge in [-0.3, -0.25) is 9.89 Å². The van der Waals surface area contributed by atoms with Crippen molar-refractivity contribution < 1.29 is 9.47 Å². The zero-order valence-electron chi connectivity index (χ0n) is 16.5. The predicted molar refractivity (Wildman–Crippen MR) is 120 cm³/mol. The van der Waals surface area contributed by atoms with E-state index in [1.54, 1.807) is 7.11 Å². The predicted octanol–water partition coefficient (Wildman–Crippen LogP) is 2.19. The minimum Gasteiger partial charge on any atom is -0.385 e. The first kappa shape index (κ1) is 22.4. The van der Waals surface area contributed by atoms with E-state index >= 15 is 0 Å². The van der Waals surface area contributed by atoms with Gasteiger partial charge in [-0.1, -0.05) is 30.3 Å². The van der Waals surface area contributed by atoms with Crippen molar-refractivity contribution >= 4 is 29.9 Å². The Hall–Kier alpha value is -0.900. The van der Waals surface area contributed by atoms with Crippen LogP contribution in [0.2, 0.25) is 0 Å². The van der Waals surface area contributed by atoms with E-state index < -0.39 is 0 Å². The molecule has 1 aromatic rings. The lowest BCUT2D eigenvalue weighted by molar-refractivity contribution is -0.0502. The van der Waals surface area contributed by atoms with Gasteiger partial charge in [0.2, 0.25) is 0 Å². The van der Waals surface area contributed by atoms with Crippen molar-refractivity contribution in [1.82, 2.24) is 15.1 Å². The number of rotatable bonds is 7. The summed E-state index contributed by atoms with van der Waals surface area (Å²) in [5.74, 6) is 1.00. The largest absolute Gasteiger partial charge is 0.385 e. The third-order valence-corrected chi connectivity index (χ3v) is 5.05. The Bertz CT molecular complexity index is 572. The van der Waals surface area contributed by atoms with E-state index in [2.05, 4.69) is 52.4 Å². The van der Waals surface area contributed by atoms with E-state index in [0.29, 0.717) is 6.04 Å². The van der Waals surface area contributed by atoms with Crippen molar-refractivity contribution in [3.8, 4) is 0 Å². The molecule has 0 saturated carbocycles. The van der Waals surface area contributed by atoms with Crippen LogP contribution in [0.15, 0.2) is 35.3 Å². The number of aliphatic imine (C=N–C) groups is 1. The van der Waals surface area contributed by atoms with Crippen LogP contribution in [0.3, 0.4) is 0 Å². The zero-order chi connectivity index (χ0) is 18.2. The van der Waals surface area contributed by atoms with Crippen molar-refractivity contribution in [2.75, 3.05) is 53.0 Å². The molecule has 2 saturated heterocycles. The number of benzene rings is 1. The van der Waals surface area contributed by atoms with E-state index in [9.17, 15) is 0 Å². The number of likely N-dealkylation sites (tertiary alicyclic amines) is 1. The molecule has 0 amide bonds. The summed E-state index contributed by atoms with van der Waals surface area (Å²) < 4.78 is 11.2. The second-order valence-corrected chi connectivity index (χ2v) is 6.92. The number of fused-ring (bicyclic) bond motifs is 1. The summed E-state index contributed by atoms with van der Waals surface area (Å²) in [5.41, 5.74) is 1.37. The summed E-state index contributed by atoms with van der Waals surface area (Å²) in [6.45, 7) is 9.20. The van der Waals surface area contributed by atoms with E-state index in [0.717, 1.165) is 64.9 Å². The first-order valence-electron chi connectivity index (χ1n) is 9.73. The Kier molecular flexibility index (Phi) is 9.81. The molecule has 0 spiro atoms. The Balaban J connectivity index is 0.00000261. The number of ether oxygens (including phenoxy) is 2. The SMILES string of the molecule is CCNC(=NCCCOC)N1CC2OCCN(Cc3ccccc3)C2C1.I. The molecule has 0 aromatic heterocycles. The third-order valence-electron chi connectivity index (χ3n) is 5.05. The van der Waals surface area contributed by atoms with Crippen LogP contribution in [0.5, 0.6) is 0 Å². The summed E-state index contributed by atoms with van der Waals surface area (Å²) in [6, 6.07) is 11.1. The molecule has 2 heterocycles. The van der Waals surface area contributed by atoms with Crippen LogP contribution < -0.4 is 5.32 Å². The smallest absolute Gasteiger partial charge is 0.194 e. The van der Waals surface area contributed by atoms with Gasteiger partial charge in [-0.25, -0.2) is 0 Å². The maximum atomic E-state index is 6.09. The van der Waals surface area contributed by atoms with Crippen molar-refractivity contribution in [3.05, 3.63) is 35.9 Å². The number of halogens is 1. The molecule has 1 N–H and O–H groups in total. The van der Waals surface area contributed by atoms with Crippen LogP contribution in [-0.2, 0) is 16.0 Å². The van der Waals surface area contributed by atoms with Crippen molar-refractivity contribution in [2.24, 2.45) is 4.99 Å². The van der Waals surface area contributed by atoms with Crippen molar-refractivity contribution in [2.45, 2.75) is 32.0 Å². The quantitative estimate of drug-likeness (QED) is 0.276. The Morgan fingerprint density at radius 3 is 2.85 bits per heavy atom. The maximum absolute atomic E-state index is 6.09. The van der Waals surface area contributed by atoms with Crippen LogP contribution >= 0.6 is 24.0 Å². The molecular formula is C20H33IN4O2. The van der Waals surface area contributed by atoms with Gasteiger partial charge in [-0.2, -0.15) is 0 Å². The Labute approximate surface area is 180 Å². The first-order chi connectivity index (χ1) is 12.8. The number of hydrogen-bond donors (Lipinski definition) is 1. The normalized spacial score (nSPS) is 23.0. The van der Waals surface area contributed by atoms with Gasteiger partial charge in [0, 0.05) is 53.0 Å². The second-order valence-electron chi connectivity index (χ2n) is 6.92. The van der Waals surface area contributed by atoms with Crippen LogP contribution in [0.1, 0.15) is 18.9 Å². The highest BCUT2D eigenvalue weighted by molar-refractivity contribution is 14.0. The standard InChI is InChI=1S/C20H32N4O2.HI/c1-3-21-20(22-10-7-12-25-2)24-15-18-19(16-24)26-13-11-23(18)14-17-8-5-4-6-9-17;/h4-6,8-9,18-19H,3,7,10-16H2,1-2H3,(H,21,22);1H. The summed E-state index contributed by atoms with van der Waals surface area (Å²) >= 11 is 0. The highest BCUT2D eigenvalue weighted by Gasteiger charge is 2.41. The summed E-state index contributed by atoms with van der Waals surface area (Å²) in [4.78, 5) is 9.70. The lowest BCUT2D eigenvalue weighted by Gasteiger charge is -2.36. The van der Waals surface area contributed by atoms with Crippen LogP contribution in [0.25, 0.3) is 0 Å². The molecule has 152 valence electrons. The van der Waals surface area contributed by atoms with Crippen LogP contribution in [0.4, 0.5) is 0 Å². The molecule has 2 aliphatic heterocycles. The minimum absolute atomic E-state index is 0. The molecule has 7 heteroatoms. The fraction of sp³-hybridized carbons (Fsp3) is 0.650. The minimum atomic E-state index is 0. The fourth-order valence-corrected chi connectivity index (χ4v) is 3.77. The topological polar surface area (TPSA) is 49.3 Å². The molecule has 1 aromatic carbocycles. The van der Waals surface area contributed by atoms with Gasteiger partial charge in [0.05, 0.1) is 18.8 Å². The number of nitrogens with zero attached hydrogens (tertiary/aromatic N) is 3. The molecule has 2 aliphatic rings. The Morgan fingerprint density at radius 2 is 2.11 bits per heavy atom. The first-order valence-corrected chi connectivity index (χ1v) is 9.73.